The van der Waals surface area contributed by atoms with E-state index in [0.29, 0.717) is 18.6 Å². The minimum Gasteiger partial charge on any atom is -0.462 e. The largest absolute Gasteiger partial charge is 0.462 e. The van der Waals surface area contributed by atoms with Crippen LogP contribution in [0.1, 0.15) is 116 Å². The molecule has 2 heteroatoms. The molecular formula is C35H54O2. The van der Waals surface area contributed by atoms with Crippen molar-refractivity contribution in [3.05, 3.63) is 102 Å². The van der Waals surface area contributed by atoms with Crippen LogP contribution in [-0.4, -0.2) is 12.6 Å². The molecule has 1 rings (SSSR count). The zero-order chi connectivity index (χ0) is 28.5. The summed E-state index contributed by atoms with van der Waals surface area (Å²) < 4.78 is 5.45. The van der Waals surface area contributed by atoms with Gasteiger partial charge in [-0.25, -0.2) is 4.79 Å². The van der Waals surface area contributed by atoms with Crippen molar-refractivity contribution in [2.45, 2.75) is 100 Å². The van der Waals surface area contributed by atoms with Crippen LogP contribution in [0.2, 0.25) is 0 Å². The summed E-state index contributed by atoms with van der Waals surface area (Å²) in [4.78, 5) is 12.4. The normalized spacial score (nSPS) is 11.7. The van der Waals surface area contributed by atoms with Crippen molar-refractivity contribution in [2.24, 2.45) is 0 Å². The smallest absolute Gasteiger partial charge is 0.338 e. The van der Waals surface area contributed by atoms with Crippen LogP contribution in [0.5, 0.6) is 0 Å². The quantitative estimate of drug-likeness (QED) is 0.142. The second-order valence-electron chi connectivity index (χ2n) is 8.71. The number of allylic oxidation sites excluding steroid dienone is 9. The summed E-state index contributed by atoms with van der Waals surface area (Å²) in [7, 11) is 0. The van der Waals surface area contributed by atoms with E-state index >= 15 is 0 Å². The number of rotatable bonds is 14. The molecule has 0 atom stereocenters. The maximum Gasteiger partial charge on any atom is 0.338 e. The van der Waals surface area contributed by atoms with Gasteiger partial charge in [0.05, 0.1) is 12.2 Å². The van der Waals surface area contributed by atoms with Gasteiger partial charge >= 0.3 is 5.97 Å². The van der Waals surface area contributed by atoms with Gasteiger partial charge in [-0.1, -0.05) is 139 Å². The van der Waals surface area contributed by atoms with Gasteiger partial charge in [0.2, 0.25) is 0 Å². The van der Waals surface area contributed by atoms with Gasteiger partial charge in [-0.3, -0.25) is 0 Å². The molecule has 0 saturated carbocycles. The first-order chi connectivity index (χ1) is 17.8. The van der Waals surface area contributed by atoms with Crippen LogP contribution in [0.15, 0.2) is 90.6 Å². The van der Waals surface area contributed by atoms with Crippen LogP contribution < -0.4 is 0 Å². The third-order valence-electron chi connectivity index (χ3n) is 5.73. The van der Waals surface area contributed by atoms with Crippen molar-refractivity contribution in [2.75, 3.05) is 6.61 Å². The predicted octanol–water partition coefficient (Wildman–Crippen LogP) is 11.2. The number of esters is 1. The number of hydrogen-bond acceptors (Lipinski definition) is 2. The summed E-state index contributed by atoms with van der Waals surface area (Å²) >= 11 is 0. The summed E-state index contributed by atoms with van der Waals surface area (Å²) in [5, 5.41) is 0. The molecule has 0 aliphatic carbocycles. The van der Waals surface area contributed by atoms with E-state index in [0.717, 1.165) is 23.1 Å². The summed E-state index contributed by atoms with van der Waals surface area (Å²) in [6.07, 6.45) is 20.0. The molecule has 0 aliphatic rings. The average molecular weight is 507 g/mol. The highest BCUT2D eigenvalue weighted by atomic mass is 16.5. The standard InChI is InChI=1S/C29H38O2.C4H10.C2H6/c1-7-10-12-13-23(4)15-16-26(9-3)27-17-19-28(20-18-27)29(30)31-22-21-25(6)24(5)14-11-8-2;1-3-4-2;1-2/h8-9,11,14-20H,2,4,7,10,12-13,21-22H2,1,3,5-6H3;3-4H2,1-2H3;1-2H3/b14-11-,16-15-,25-24+,26-9+;;. The van der Waals surface area contributed by atoms with E-state index in [2.05, 4.69) is 59.1 Å². The van der Waals surface area contributed by atoms with Gasteiger partial charge in [0.15, 0.2) is 0 Å². The van der Waals surface area contributed by atoms with E-state index in [4.69, 9.17) is 4.74 Å². The topological polar surface area (TPSA) is 26.3 Å². The van der Waals surface area contributed by atoms with Gasteiger partial charge in [0.1, 0.15) is 0 Å². The van der Waals surface area contributed by atoms with Crippen LogP contribution in [0.4, 0.5) is 0 Å². The number of unbranched alkanes of at least 4 members (excludes halogenated alkanes) is 3. The van der Waals surface area contributed by atoms with Gasteiger partial charge in [-0.15, -0.1) is 0 Å². The van der Waals surface area contributed by atoms with E-state index in [-0.39, 0.29) is 5.97 Å². The fourth-order valence-corrected chi connectivity index (χ4v) is 2.98. The van der Waals surface area contributed by atoms with Gasteiger partial charge in [0, 0.05) is 6.42 Å². The number of ether oxygens (including phenoxy) is 1. The lowest BCUT2D eigenvalue weighted by molar-refractivity contribution is 0.0509. The minimum atomic E-state index is -0.291. The molecule has 0 N–H and O–H groups in total. The highest BCUT2D eigenvalue weighted by molar-refractivity contribution is 5.90. The van der Waals surface area contributed by atoms with Crippen molar-refractivity contribution in [3.63, 3.8) is 0 Å². The Balaban J connectivity index is 0. The Morgan fingerprint density at radius 2 is 1.46 bits per heavy atom. The molecule has 1 aromatic rings. The molecule has 1 aromatic carbocycles. The first-order valence-electron chi connectivity index (χ1n) is 14.1. The number of benzene rings is 1. The Morgan fingerprint density at radius 1 is 0.865 bits per heavy atom. The molecule has 0 fully saturated rings. The molecule has 0 spiro atoms. The molecule has 37 heavy (non-hydrogen) atoms. The molecular weight excluding hydrogens is 452 g/mol. The van der Waals surface area contributed by atoms with Crippen molar-refractivity contribution in [1.29, 1.82) is 0 Å². The van der Waals surface area contributed by atoms with Gasteiger partial charge in [-0.2, -0.15) is 0 Å². The molecule has 0 saturated heterocycles. The monoisotopic (exact) mass is 506 g/mol. The Kier molecular flexibility index (Phi) is 24.3. The average Bonchev–Trinajstić information content (AvgIpc) is 2.93. The Morgan fingerprint density at radius 3 is 1.97 bits per heavy atom. The van der Waals surface area contributed by atoms with Crippen molar-refractivity contribution in [3.8, 4) is 0 Å². The third kappa shape index (κ3) is 18.1. The Bertz CT molecular complexity index is 874. The Labute approximate surface area is 229 Å². The summed E-state index contributed by atoms with van der Waals surface area (Å²) in [6.45, 7) is 24.9. The molecule has 0 bridgehead atoms. The van der Waals surface area contributed by atoms with E-state index in [1.165, 1.54) is 43.3 Å². The lowest BCUT2D eigenvalue weighted by atomic mass is 10.0. The Hall–Kier alpha value is -2.87. The first kappa shape index (κ1) is 36.3. The SMILES string of the molecule is C=C/C=C\C(C)=C(/C)CCOC(=O)c1ccc(C(/C=C\C(=C)CCCCC)=C/C)cc1.CC.CCCC. The van der Waals surface area contributed by atoms with E-state index in [1.54, 1.807) is 6.08 Å². The van der Waals surface area contributed by atoms with Crippen molar-refractivity contribution >= 4 is 11.5 Å². The highest BCUT2D eigenvalue weighted by Crippen LogP contribution is 2.19. The molecule has 0 heterocycles. The summed E-state index contributed by atoms with van der Waals surface area (Å²) in [5.74, 6) is -0.291. The molecule has 0 amide bonds. The fraction of sp³-hybridized carbons (Fsp3) is 0.457. The molecule has 0 unspecified atom stereocenters. The maximum absolute atomic E-state index is 12.4. The third-order valence-corrected chi connectivity index (χ3v) is 5.73. The zero-order valence-electron chi connectivity index (χ0n) is 25.2. The highest BCUT2D eigenvalue weighted by Gasteiger charge is 2.08. The first-order valence-corrected chi connectivity index (χ1v) is 14.1. The van der Waals surface area contributed by atoms with Crippen molar-refractivity contribution < 1.29 is 9.53 Å². The predicted molar refractivity (Wildman–Crippen MR) is 167 cm³/mol. The summed E-state index contributed by atoms with van der Waals surface area (Å²) in [5.41, 5.74) is 6.26. The van der Waals surface area contributed by atoms with Crippen molar-refractivity contribution in [1.82, 2.24) is 0 Å². The van der Waals surface area contributed by atoms with Crippen LogP contribution in [0.3, 0.4) is 0 Å². The van der Waals surface area contributed by atoms with E-state index in [1.807, 2.05) is 64.1 Å². The van der Waals surface area contributed by atoms with Crippen LogP contribution in [0.25, 0.3) is 5.57 Å². The maximum atomic E-state index is 12.4. The van der Waals surface area contributed by atoms with Gasteiger partial charge in [0.25, 0.3) is 0 Å². The molecule has 0 aromatic heterocycles. The van der Waals surface area contributed by atoms with Crippen LogP contribution in [0, 0.1) is 0 Å². The zero-order valence-corrected chi connectivity index (χ0v) is 25.2. The molecule has 206 valence electrons. The van der Waals surface area contributed by atoms with E-state index < -0.39 is 0 Å². The van der Waals surface area contributed by atoms with E-state index in [9.17, 15) is 4.79 Å². The summed E-state index contributed by atoms with van der Waals surface area (Å²) in [6, 6.07) is 7.58. The van der Waals surface area contributed by atoms with Gasteiger partial charge in [-0.05, 0) is 56.9 Å². The number of carbonyl (C=O) groups is 1. The fourth-order valence-electron chi connectivity index (χ4n) is 2.98. The lowest BCUT2D eigenvalue weighted by Crippen LogP contribution is -2.07. The number of carbonyl (C=O) groups excluding carboxylic acids is 1. The molecule has 0 radical (unpaired) electrons. The minimum absolute atomic E-state index is 0.291. The second kappa shape index (κ2) is 24.8. The molecule has 2 nitrogen and oxygen atoms in total. The lowest BCUT2D eigenvalue weighted by Gasteiger charge is -2.08. The second-order valence-corrected chi connectivity index (χ2v) is 8.71. The van der Waals surface area contributed by atoms with Crippen LogP contribution >= 0.6 is 0 Å². The van der Waals surface area contributed by atoms with Gasteiger partial charge < -0.3 is 4.74 Å². The number of hydrogen-bond donors (Lipinski definition) is 0. The molecule has 0 aliphatic heterocycles. The van der Waals surface area contributed by atoms with Crippen LogP contribution in [-0.2, 0) is 4.74 Å².